The minimum absolute atomic E-state index is 0.308. The smallest absolute Gasteiger partial charge is 0.141 e. The van der Waals surface area contributed by atoms with Gasteiger partial charge in [-0.1, -0.05) is 26.7 Å². The molecule has 0 saturated carbocycles. The largest absolute Gasteiger partial charge is 0.356 e. The number of piperidine rings is 1. The Morgan fingerprint density at radius 1 is 1.32 bits per heavy atom. The molecule has 4 heteroatoms. The molecular formula is C15H24FN3. The fourth-order valence-corrected chi connectivity index (χ4v) is 3.06. The zero-order valence-corrected chi connectivity index (χ0v) is 12.0. The number of anilines is 1. The van der Waals surface area contributed by atoms with Crippen LogP contribution in [0.5, 0.6) is 0 Å². The van der Waals surface area contributed by atoms with E-state index in [2.05, 4.69) is 23.7 Å². The number of pyridine rings is 1. The van der Waals surface area contributed by atoms with Crippen LogP contribution in [0.4, 0.5) is 10.2 Å². The third kappa shape index (κ3) is 2.89. The Labute approximate surface area is 115 Å². The molecule has 0 aliphatic carbocycles. The molecule has 1 aromatic heterocycles. The van der Waals surface area contributed by atoms with Crippen LogP contribution in [0.2, 0.25) is 0 Å². The summed E-state index contributed by atoms with van der Waals surface area (Å²) in [4.78, 5) is 6.50. The summed E-state index contributed by atoms with van der Waals surface area (Å²) in [5.41, 5.74) is 6.99. The van der Waals surface area contributed by atoms with Gasteiger partial charge in [-0.15, -0.1) is 0 Å². The lowest BCUT2D eigenvalue weighted by Crippen LogP contribution is -2.40. The van der Waals surface area contributed by atoms with Crippen molar-refractivity contribution >= 4 is 5.82 Å². The van der Waals surface area contributed by atoms with Crippen LogP contribution < -0.4 is 10.6 Å². The predicted octanol–water partition coefficient (Wildman–Crippen LogP) is 3.09. The average Bonchev–Trinajstić information content (AvgIpc) is 2.47. The molecule has 0 radical (unpaired) electrons. The molecule has 2 heterocycles. The summed E-state index contributed by atoms with van der Waals surface area (Å²) in [6.07, 6.45) is 6.12. The highest BCUT2D eigenvalue weighted by Crippen LogP contribution is 2.39. The summed E-state index contributed by atoms with van der Waals surface area (Å²) in [7, 11) is 0. The van der Waals surface area contributed by atoms with Gasteiger partial charge in [0.1, 0.15) is 11.6 Å². The van der Waals surface area contributed by atoms with Crippen LogP contribution in [0, 0.1) is 11.2 Å². The fourth-order valence-electron chi connectivity index (χ4n) is 3.06. The van der Waals surface area contributed by atoms with Gasteiger partial charge in [0.05, 0.1) is 6.20 Å². The number of nitrogens with zero attached hydrogens (tertiary/aromatic N) is 2. The second kappa shape index (κ2) is 5.87. The van der Waals surface area contributed by atoms with E-state index in [-0.39, 0.29) is 5.82 Å². The highest BCUT2D eigenvalue weighted by molar-refractivity contribution is 5.47. The summed E-state index contributed by atoms with van der Waals surface area (Å²) < 4.78 is 13.2. The Hall–Kier alpha value is -1.16. The van der Waals surface area contributed by atoms with Crippen molar-refractivity contribution in [2.75, 3.05) is 18.0 Å². The van der Waals surface area contributed by atoms with Crippen molar-refractivity contribution in [2.24, 2.45) is 11.1 Å². The maximum atomic E-state index is 13.2. The zero-order chi connectivity index (χ0) is 13.9. The van der Waals surface area contributed by atoms with Gasteiger partial charge < -0.3 is 10.6 Å². The molecule has 106 valence electrons. The number of rotatable bonds is 4. The molecule has 19 heavy (non-hydrogen) atoms. The zero-order valence-electron chi connectivity index (χ0n) is 12.0. The average molecular weight is 265 g/mol. The van der Waals surface area contributed by atoms with Crippen LogP contribution in [0.25, 0.3) is 0 Å². The number of aromatic nitrogens is 1. The van der Waals surface area contributed by atoms with Crippen LogP contribution in [-0.2, 0) is 6.54 Å². The Morgan fingerprint density at radius 3 is 2.47 bits per heavy atom. The van der Waals surface area contributed by atoms with Gasteiger partial charge in [0.25, 0.3) is 0 Å². The molecule has 0 amide bonds. The van der Waals surface area contributed by atoms with E-state index >= 15 is 0 Å². The van der Waals surface area contributed by atoms with Crippen LogP contribution in [0.1, 0.15) is 45.1 Å². The maximum Gasteiger partial charge on any atom is 0.141 e. The predicted molar refractivity (Wildman–Crippen MR) is 76.5 cm³/mol. The molecule has 1 aliphatic rings. The Balaban J connectivity index is 2.13. The lowest BCUT2D eigenvalue weighted by Gasteiger charge is -2.42. The third-order valence-corrected chi connectivity index (χ3v) is 4.75. The molecule has 2 rings (SSSR count). The van der Waals surface area contributed by atoms with Gasteiger partial charge in [0.2, 0.25) is 0 Å². The summed E-state index contributed by atoms with van der Waals surface area (Å²) in [6.45, 7) is 6.88. The Bertz CT molecular complexity index is 419. The quantitative estimate of drug-likeness (QED) is 0.909. The van der Waals surface area contributed by atoms with E-state index in [9.17, 15) is 4.39 Å². The molecular weight excluding hydrogens is 241 g/mol. The summed E-state index contributed by atoms with van der Waals surface area (Å²) in [5.74, 6) is 0.558. The highest BCUT2D eigenvalue weighted by Gasteiger charge is 2.32. The van der Waals surface area contributed by atoms with E-state index in [1.807, 2.05) is 0 Å². The van der Waals surface area contributed by atoms with Gasteiger partial charge in [-0.05, 0) is 24.3 Å². The van der Waals surface area contributed by atoms with Crippen molar-refractivity contribution in [3.8, 4) is 0 Å². The second-order valence-corrected chi connectivity index (χ2v) is 5.53. The molecule has 1 saturated heterocycles. The first-order valence-electron chi connectivity index (χ1n) is 7.23. The first kappa shape index (κ1) is 14.3. The van der Waals surface area contributed by atoms with Gasteiger partial charge >= 0.3 is 0 Å². The van der Waals surface area contributed by atoms with E-state index in [4.69, 9.17) is 5.73 Å². The standard InChI is InChI=1S/C15H24FN3/c1-3-15(4-2)5-7-19(8-6-15)14-12(10-17)9-13(16)11-18-14/h9,11H,3-8,10,17H2,1-2H3. The Morgan fingerprint density at radius 2 is 1.95 bits per heavy atom. The number of hydrogen-bond acceptors (Lipinski definition) is 3. The van der Waals surface area contributed by atoms with Crippen molar-refractivity contribution in [2.45, 2.75) is 46.1 Å². The molecule has 0 unspecified atom stereocenters. The van der Waals surface area contributed by atoms with Crippen molar-refractivity contribution in [1.29, 1.82) is 0 Å². The highest BCUT2D eigenvalue weighted by atomic mass is 19.1. The first-order valence-corrected chi connectivity index (χ1v) is 7.23. The van der Waals surface area contributed by atoms with Gasteiger partial charge in [-0.2, -0.15) is 0 Å². The van der Waals surface area contributed by atoms with Gasteiger partial charge in [0.15, 0.2) is 0 Å². The molecule has 2 N–H and O–H groups in total. The normalized spacial score (nSPS) is 18.6. The molecule has 1 aliphatic heterocycles. The molecule has 1 aromatic rings. The number of halogens is 1. The third-order valence-electron chi connectivity index (χ3n) is 4.75. The molecule has 0 atom stereocenters. The van der Waals surface area contributed by atoms with E-state index in [1.54, 1.807) is 0 Å². The van der Waals surface area contributed by atoms with Gasteiger partial charge in [-0.3, -0.25) is 0 Å². The van der Waals surface area contributed by atoms with E-state index < -0.39 is 0 Å². The summed E-state index contributed by atoms with van der Waals surface area (Å²) >= 11 is 0. The molecule has 0 aromatic carbocycles. The molecule has 0 bridgehead atoms. The SMILES string of the molecule is CCC1(CC)CCN(c2ncc(F)cc2CN)CC1. The van der Waals surface area contributed by atoms with Crippen LogP contribution in [-0.4, -0.2) is 18.1 Å². The summed E-state index contributed by atoms with van der Waals surface area (Å²) in [6, 6.07) is 1.50. The molecule has 0 spiro atoms. The lowest BCUT2D eigenvalue weighted by atomic mass is 9.74. The van der Waals surface area contributed by atoms with Crippen molar-refractivity contribution in [3.05, 3.63) is 23.6 Å². The summed E-state index contributed by atoms with van der Waals surface area (Å²) in [5, 5.41) is 0. The van der Waals surface area contributed by atoms with E-state index in [1.165, 1.54) is 37.9 Å². The minimum Gasteiger partial charge on any atom is -0.356 e. The topological polar surface area (TPSA) is 42.2 Å². The molecule has 3 nitrogen and oxygen atoms in total. The number of hydrogen-bond donors (Lipinski definition) is 1. The molecule has 1 fully saturated rings. The minimum atomic E-state index is -0.308. The van der Waals surface area contributed by atoms with E-state index in [0.29, 0.717) is 12.0 Å². The van der Waals surface area contributed by atoms with Crippen LogP contribution >= 0.6 is 0 Å². The van der Waals surface area contributed by atoms with Crippen LogP contribution in [0.15, 0.2) is 12.3 Å². The lowest BCUT2D eigenvalue weighted by molar-refractivity contribution is 0.199. The maximum absolute atomic E-state index is 13.2. The second-order valence-electron chi connectivity index (χ2n) is 5.53. The van der Waals surface area contributed by atoms with Gasteiger partial charge in [0, 0.05) is 25.2 Å². The van der Waals surface area contributed by atoms with Crippen LogP contribution in [0.3, 0.4) is 0 Å². The van der Waals surface area contributed by atoms with Crippen molar-refractivity contribution < 1.29 is 4.39 Å². The van der Waals surface area contributed by atoms with Gasteiger partial charge in [-0.25, -0.2) is 9.37 Å². The van der Waals surface area contributed by atoms with Crippen molar-refractivity contribution in [3.63, 3.8) is 0 Å². The van der Waals surface area contributed by atoms with E-state index in [0.717, 1.165) is 24.5 Å². The van der Waals surface area contributed by atoms with Crippen molar-refractivity contribution in [1.82, 2.24) is 4.98 Å². The first-order chi connectivity index (χ1) is 9.14. The Kier molecular flexibility index (Phi) is 4.40. The number of nitrogens with two attached hydrogens (primary N) is 1. The fraction of sp³-hybridized carbons (Fsp3) is 0.667. The monoisotopic (exact) mass is 265 g/mol.